The summed E-state index contributed by atoms with van der Waals surface area (Å²) in [6.07, 6.45) is 2.21. The summed E-state index contributed by atoms with van der Waals surface area (Å²) in [4.78, 5) is 26.8. The Balaban J connectivity index is 1.83. The molecule has 2 aromatic rings. The first-order chi connectivity index (χ1) is 15.2. The molecule has 0 atom stereocenters. The third-order valence-electron chi connectivity index (χ3n) is 5.37. The quantitative estimate of drug-likeness (QED) is 0.545. The van der Waals surface area contributed by atoms with Crippen LogP contribution < -0.4 is 4.72 Å². The second kappa shape index (κ2) is 10.2. The number of rotatable bonds is 10. The van der Waals surface area contributed by atoms with E-state index in [4.69, 9.17) is 4.74 Å². The van der Waals surface area contributed by atoms with E-state index in [1.165, 1.54) is 12.1 Å². The second-order valence-corrected chi connectivity index (χ2v) is 9.88. The van der Waals surface area contributed by atoms with E-state index in [9.17, 15) is 18.0 Å². The van der Waals surface area contributed by atoms with Crippen LogP contribution in [0.4, 0.5) is 5.69 Å². The number of amides is 1. The normalized spacial score (nSPS) is 13.5. The number of carbonyl (C=O) groups is 2. The maximum atomic E-state index is 13.3. The van der Waals surface area contributed by atoms with Gasteiger partial charge in [0.1, 0.15) is 0 Å². The highest BCUT2D eigenvalue weighted by atomic mass is 32.2. The molecule has 1 saturated carbocycles. The molecule has 0 aromatic heterocycles. The van der Waals surface area contributed by atoms with Crippen molar-refractivity contribution in [1.29, 1.82) is 0 Å². The number of esters is 1. The molecule has 0 radical (unpaired) electrons. The fraction of sp³-hybridized carbons (Fsp3) is 0.417. The van der Waals surface area contributed by atoms with Crippen LogP contribution in [0.3, 0.4) is 0 Å². The van der Waals surface area contributed by atoms with E-state index in [2.05, 4.69) is 4.72 Å². The minimum absolute atomic E-state index is 0.0183. The monoisotopic (exact) mass is 458 g/mol. The fourth-order valence-corrected chi connectivity index (χ4v) is 4.51. The van der Waals surface area contributed by atoms with Crippen molar-refractivity contribution in [3.8, 4) is 0 Å². The van der Waals surface area contributed by atoms with Crippen molar-refractivity contribution < 1.29 is 22.7 Å². The van der Waals surface area contributed by atoms with Crippen molar-refractivity contribution in [2.75, 3.05) is 24.4 Å². The van der Waals surface area contributed by atoms with E-state index in [0.29, 0.717) is 35.9 Å². The van der Waals surface area contributed by atoms with Gasteiger partial charge in [-0.1, -0.05) is 18.2 Å². The second-order valence-electron chi connectivity index (χ2n) is 8.20. The zero-order valence-electron chi connectivity index (χ0n) is 18.8. The minimum atomic E-state index is -3.87. The van der Waals surface area contributed by atoms with Gasteiger partial charge in [-0.05, 0) is 74.9 Å². The average Bonchev–Trinajstić information content (AvgIpc) is 3.55. The number of aryl methyl sites for hydroxylation is 2. The highest BCUT2D eigenvalue weighted by Gasteiger charge is 2.29. The summed E-state index contributed by atoms with van der Waals surface area (Å²) in [6.45, 7) is 6.49. The number of sulfonamides is 1. The third kappa shape index (κ3) is 6.32. The van der Waals surface area contributed by atoms with Crippen molar-refractivity contribution in [2.45, 2.75) is 44.9 Å². The maximum Gasteiger partial charge on any atom is 0.307 e. The molecule has 1 aliphatic carbocycles. The molecule has 3 rings (SSSR count). The lowest BCUT2D eigenvalue weighted by Crippen LogP contribution is -2.35. The molecular weight excluding hydrogens is 428 g/mol. The molecule has 0 bridgehead atoms. The van der Waals surface area contributed by atoms with E-state index in [0.717, 1.165) is 18.4 Å². The topological polar surface area (TPSA) is 92.8 Å². The molecule has 0 saturated heterocycles. The van der Waals surface area contributed by atoms with Gasteiger partial charge in [-0.25, -0.2) is 8.42 Å². The molecule has 1 N–H and O–H groups in total. The van der Waals surface area contributed by atoms with Crippen molar-refractivity contribution in [2.24, 2.45) is 5.92 Å². The van der Waals surface area contributed by atoms with E-state index in [1.807, 2.05) is 13.0 Å². The standard InChI is InChI=1S/C24H30N2O5S/c1-4-31-23(27)12-13-26(16-19-9-10-19)24(28)22-15-21(11-8-18(22)3)32(29,30)25-20-7-5-6-17(2)14-20/h5-8,11,14-15,19,25H,4,9-10,12-13,16H2,1-3H3. The van der Waals surface area contributed by atoms with E-state index < -0.39 is 10.0 Å². The maximum absolute atomic E-state index is 13.3. The first-order valence-corrected chi connectivity index (χ1v) is 12.3. The van der Waals surface area contributed by atoms with Gasteiger partial charge in [-0.15, -0.1) is 0 Å². The molecule has 7 nitrogen and oxygen atoms in total. The minimum Gasteiger partial charge on any atom is -0.466 e. The van der Waals surface area contributed by atoms with Crippen LogP contribution in [-0.4, -0.2) is 44.9 Å². The van der Waals surface area contributed by atoms with Crippen LogP contribution in [-0.2, 0) is 19.6 Å². The van der Waals surface area contributed by atoms with Crippen LogP contribution >= 0.6 is 0 Å². The molecule has 1 amide bonds. The van der Waals surface area contributed by atoms with Crippen molar-refractivity contribution in [3.05, 3.63) is 59.2 Å². The number of nitrogens with zero attached hydrogens (tertiary/aromatic N) is 1. The van der Waals surface area contributed by atoms with Crippen LogP contribution in [0.25, 0.3) is 0 Å². The first-order valence-electron chi connectivity index (χ1n) is 10.8. The predicted molar refractivity (Wildman–Crippen MR) is 123 cm³/mol. The van der Waals surface area contributed by atoms with Crippen molar-refractivity contribution in [3.63, 3.8) is 0 Å². The average molecular weight is 459 g/mol. The number of ether oxygens (including phenoxy) is 1. The molecule has 2 aromatic carbocycles. The van der Waals surface area contributed by atoms with Gasteiger partial charge in [0, 0.05) is 24.3 Å². The third-order valence-corrected chi connectivity index (χ3v) is 6.75. The lowest BCUT2D eigenvalue weighted by Gasteiger charge is -2.23. The Morgan fingerprint density at radius 2 is 1.88 bits per heavy atom. The summed E-state index contributed by atoms with van der Waals surface area (Å²) in [6, 6.07) is 11.6. The lowest BCUT2D eigenvalue weighted by molar-refractivity contribution is -0.143. The zero-order valence-corrected chi connectivity index (χ0v) is 19.6. The van der Waals surface area contributed by atoms with Crippen LogP contribution in [0, 0.1) is 19.8 Å². The summed E-state index contributed by atoms with van der Waals surface area (Å²) >= 11 is 0. The van der Waals surface area contributed by atoms with E-state index >= 15 is 0 Å². The molecule has 0 spiro atoms. The van der Waals surface area contributed by atoms with E-state index in [-0.39, 0.29) is 29.7 Å². The number of benzene rings is 2. The van der Waals surface area contributed by atoms with Crippen LogP contribution in [0.2, 0.25) is 0 Å². The van der Waals surface area contributed by atoms with Gasteiger partial charge in [-0.2, -0.15) is 0 Å². The zero-order chi connectivity index (χ0) is 23.3. The fourth-order valence-electron chi connectivity index (χ4n) is 3.44. The summed E-state index contributed by atoms with van der Waals surface area (Å²) in [5.74, 6) is -0.195. The summed E-state index contributed by atoms with van der Waals surface area (Å²) in [5.41, 5.74) is 2.40. The SMILES string of the molecule is CCOC(=O)CCN(CC1CC1)C(=O)c1cc(S(=O)(=O)Nc2cccc(C)c2)ccc1C. The largest absolute Gasteiger partial charge is 0.466 e. The molecular formula is C24H30N2O5S. The van der Waals surface area contributed by atoms with Gasteiger partial charge in [0.2, 0.25) is 0 Å². The summed E-state index contributed by atoms with van der Waals surface area (Å²) < 4.78 is 33.5. The van der Waals surface area contributed by atoms with Gasteiger partial charge in [0.15, 0.2) is 0 Å². The summed E-state index contributed by atoms with van der Waals surface area (Å²) in [5, 5.41) is 0. The van der Waals surface area contributed by atoms with Gasteiger partial charge < -0.3 is 9.64 Å². The smallest absolute Gasteiger partial charge is 0.307 e. The Bertz CT molecular complexity index is 1090. The Hall–Kier alpha value is -2.87. The molecule has 32 heavy (non-hydrogen) atoms. The number of carbonyl (C=O) groups excluding carboxylic acids is 2. The first kappa shape index (κ1) is 23.8. The number of anilines is 1. The van der Waals surface area contributed by atoms with Crippen LogP contribution in [0.1, 0.15) is 47.7 Å². The lowest BCUT2D eigenvalue weighted by atomic mass is 10.1. The molecule has 8 heteroatoms. The van der Waals surface area contributed by atoms with Gasteiger partial charge in [-0.3, -0.25) is 14.3 Å². The molecule has 0 unspecified atom stereocenters. The number of hydrogen-bond donors (Lipinski definition) is 1. The van der Waals surface area contributed by atoms with Gasteiger partial charge in [0.05, 0.1) is 17.9 Å². The Morgan fingerprint density at radius 1 is 1.12 bits per heavy atom. The van der Waals surface area contributed by atoms with E-state index in [1.54, 1.807) is 43.0 Å². The van der Waals surface area contributed by atoms with Gasteiger partial charge >= 0.3 is 5.97 Å². The van der Waals surface area contributed by atoms with Crippen molar-refractivity contribution in [1.82, 2.24) is 4.90 Å². The number of nitrogens with one attached hydrogen (secondary N) is 1. The Kier molecular flexibility index (Phi) is 7.56. The highest BCUT2D eigenvalue weighted by Crippen LogP contribution is 2.31. The molecule has 0 heterocycles. The molecule has 1 aliphatic rings. The molecule has 1 fully saturated rings. The van der Waals surface area contributed by atoms with Crippen molar-refractivity contribution >= 4 is 27.6 Å². The highest BCUT2D eigenvalue weighted by molar-refractivity contribution is 7.92. The summed E-state index contributed by atoms with van der Waals surface area (Å²) in [7, 11) is -3.87. The van der Waals surface area contributed by atoms with Crippen LogP contribution in [0.15, 0.2) is 47.4 Å². The molecule has 0 aliphatic heterocycles. The number of hydrogen-bond acceptors (Lipinski definition) is 5. The predicted octanol–water partition coefficient (Wildman–Crippen LogP) is 3.91. The Morgan fingerprint density at radius 3 is 2.53 bits per heavy atom. The molecule has 172 valence electrons. The Labute approximate surface area is 189 Å². The van der Waals surface area contributed by atoms with Gasteiger partial charge in [0.25, 0.3) is 15.9 Å². The van der Waals surface area contributed by atoms with Crippen LogP contribution in [0.5, 0.6) is 0 Å².